The first-order valence-corrected chi connectivity index (χ1v) is 6.80. The van der Waals surface area contributed by atoms with Gasteiger partial charge < -0.3 is 10.1 Å². The molecule has 3 heterocycles. The zero-order valence-electron chi connectivity index (χ0n) is 10.6. The topological polar surface area (TPSA) is 84.2 Å². The third kappa shape index (κ3) is 2.40. The average Bonchev–Trinajstić information content (AvgIpc) is 3.08. The summed E-state index contributed by atoms with van der Waals surface area (Å²) in [4.78, 5) is 16.5. The smallest absolute Gasteiger partial charge is 0.355 e. The minimum absolute atomic E-state index is 0.0705. The molecule has 0 unspecified atom stereocenters. The van der Waals surface area contributed by atoms with Crippen LogP contribution in [0.4, 0.5) is 5.82 Å². The van der Waals surface area contributed by atoms with Crippen LogP contribution in [0.25, 0.3) is 17.8 Å². The number of hydrogen-bond donors (Lipinski definition) is 0. The van der Waals surface area contributed by atoms with Crippen molar-refractivity contribution in [1.82, 2.24) is 9.38 Å². The van der Waals surface area contributed by atoms with Gasteiger partial charge in [0.2, 0.25) is 5.65 Å². The maximum atomic E-state index is 11.2. The van der Waals surface area contributed by atoms with Crippen LogP contribution in [0.15, 0.2) is 36.5 Å². The van der Waals surface area contributed by atoms with E-state index in [0.29, 0.717) is 10.5 Å². The lowest BCUT2D eigenvalue weighted by atomic mass is 10.3. The summed E-state index contributed by atoms with van der Waals surface area (Å²) in [6.07, 6.45) is 4.93. The number of hydrogen-bond acceptors (Lipinski definition) is 5. The monoisotopic (exact) mass is 296 g/mol. The Kier molecular flexibility index (Phi) is 3.22. The quantitative estimate of drug-likeness (QED) is 0.548. The Balaban J connectivity index is 2.06. The van der Waals surface area contributed by atoms with Crippen LogP contribution in [-0.4, -0.2) is 14.3 Å². The molecule has 0 fully saturated rings. The highest BCUT2D eigenvalue weighted by molar-refractivity contribution is 7.13. The molecule has 102 valence electrons. The molecule has 0 atom stereocenters. The largest absolute Gasteiger partial charge is 0.358 e. The zero-order chi connectivity index (χ0) is 14.8. The molecule has 0 saturated heterocycles. The van der Waals surface area contributed by atoms with Crippen molar-refractivity contribution in [1.29, 1.82) is 5.26 Å². The molecular formula is C14H8N4O2S. The molecule has 0 radical (unpaired) electrons. The highest BCUT2D eigenvalue weighted by Crippen LogP contribution is 2.24. The van der Waals surface area contributed by atoms with Gasteiger partial charge in [0.15, 0.2) is 5.69 Å². The van der Waals surface area contributed by atoms with Gasteiger partial charge in [-0.1, -0.05) is 6.07 Å². The van der Waals surface area contributed by atoms with E-state index in [1.165, 1.54) is 15.7 Å². The Labute approximate surface area is 123 Å². The summed E-state index contributed by atoms with van der Waals surface area (Å²) in [5.41, 5.74) is 0.811. The van der Waals surface area contributed by atoms with Gasteiger partial charge in [-0.05, 0) is 35.3 Å². The van der Waals surface area contributed by atoms with Gasteiger partial charge in [0.1, 0.15) is 10.9 Å². The van der Waals surface area contributed by atoms with Gasteiger partial charge in [0, 0.05) is 10.9 Å². The molecular weight excluding hydrogens is 288 g/mol. The lowest BCUT2D eigenvalue weighted by molar-refractivity contribution is -0.390. The predicted molar refractivity (Wildman–Crippen MR) is 79.8 cm³/mol. The minimum Gasteiger partial charge on any atom is -0.358 e. The summed E-state index contributed by atoms with van der Waals surface area (Å²) in [6.45, 7) is 0. The summed E-state index contributed by atoms with van der Waals surface area (Å²) < 4.78 is 1.44. The van der Waals surface area contributed by atoms with Gasteiger partial charge in [0.25, 0.3) is 0 Å². The number of nitro groups is 1. The van der Waals surface area contributed by atoms with Crippen molar-refractivity contribution in [2.24, 2.45) is 0 Å². The van der Waals surface area contributed by atoms with E-state index in [0.717, 1.165) is 4.88 Å². The standard InChI is InChI=1S/C14H8N4O2S/c15-9-11-5-4-10(21-11)6-7-12-14(18(19)20)17-8-2-1-3-13(17)16-12/h1-8H. The van der Waals surface area contributed by atoms with Crippen LogP contribution in [0.1, 0.15) is 15.4 Å². The Morgan fingerprint density at radius 2 is 2.19 bits per heavy atom. The molecule has 0 bridgehead atoms. The number of thiophene rings is 1. The van der Waals surface area contributed by atoms with Gasteiger partial charge >= 0.3 is 5.82 Å². The van der Waals surface area contributed by atoms with E-state index in [-0.39, 0.29) is 11.5 Å². The number of nitriles is 1. The van der Waals surface area contributed by atoms with E-state index in [4.69, 9.17) is 5.26 Å². The fourth-order valence-electron chi connectivity index (χ4n) is 1.96. The Morgan fingerprint density at radius 1 is 1.33 bits per heavy atom. The molecule has 0 aliphatic heterocycles. The van der Waals surface area contributed by atoms with Crippen molar-refractivity contribution in [2.75, 3.05) is 0 Å². The van der Waals surface area contributed by atoms with Gasteiger partial charge in [-0.3, -0.25) is 0 Å². The second kappa shape index (κ2) is 5.19. The maximum Gasteiger partial charge on any atom is 0.355 e. The molecule has 7 heteroatoms. The summed E-state index contributed by atoms with van der Waals surface area (Å²) >= 11 is 1.32. The molecule has 0 spiro atoms. The first kappa shape index (κ1) is 13.0. The Bertz CT molecular complexity index is 901. The first-order valence-electron chi connectivity index (χ1n) is 5.98. The highest BCUT2D eigenvalue weighted by Gasteiger charge is 2.19. The van der Waals surface area contributed by atoms with Crippen LogP contribution in [0.3, 0.4) is 0 Å². The maximum absolute atomic E-state index is 11.2. The molecule has 0 N–H and O–H groups in total. The van der Waals surface area contributed by atoms with Gasteiger partial charge in [0.05, 0.1) is 6.20 Å². The Morgan fingerprint density at radius 3 is 2.90 bits per heavy atom. The predicted octanol–water partition coefficient (Wildman–Crippen LogP) is 3.35. The van der Waals surface area contributed by atoms with Crippen LogP contribution in [0.5, 0.6) is 0 Å². The van der Waals surface area contributed by atoms with Crippen molar-refractivity contribution < 1.29 is 4.92 Å². The van der Waals surface area contributed by atoms with Crippen LogP contribution >= 0.6 is 11.3 Å². The summed E-state index contributed by atoms with van der Waals surface area (Å²) in [5, 5.41) is 20.0. The molecule has 6 nitrogen and oxygen atoms in total. The summed E-state index contributed by atoms with van der Waals surface area (Å²) in [7, 11) is 0. The molecule has 0 amide bonds. The van der Waals surface area contributed by atoms with Crippen LogP contribution in [0.2, 0.25) is 0 Å². The first-order chi connectivity index (χ1) is 10.2. The van der Waals surface area contributed by atoms with Gasteiger partial charge in [-0.2, -0.15) is 9.66 Å². The van der Waals surface area contributed by atoms with Crippen molar-refractivity contribution in [3.8, 4) is 6.07 Å². The number of imidazole rings is 1. The average molecular weight is 296 g/mol. The van der Waals surface area contributed by atoms with Crippen molar-refractivity contribution >= 4 is 35.0 Å². The fraction of sp³-hybridized carbons (Fsp3) is 0. The number of nitrogens with zero attached hydrogens (tertiary/aromatic N) is 4. The van der Waals surface area contributed by atoms with Gasteiger partial charge in [-0.15, -0.1) is 11.3 Å². The lowest BCUT2D eigenvalue weighted by Gasteiger charge is -1.93. The molecule has 0 saturated carbocycles. The van der Waals surface area contributed by atoms with E-state index in [2.05, 4.69) is 11.1 Å². The number of pyridine rings is 1. The second-order valence-electron chi connectivity index (χ2n) is 4.15. The molecule has 21 heavy (non-hydrogen) atoms. The molecule has 3 rings (SSSR count). The normalized spacial score (nSPS) is 11.0. The summed E-state index contributed by atoms with van der Waals surface area (Å²) in [5.74, 6) is -0.0705. The Hall–Kier alpha value is -2.98. The number of rotatable bonds is 3. The lowest BCUT2D eigenvalue weighted by Crippen LogP contribution is -1.94. The van der Waals surface area contributed by atoms with Crippen LogP contribution in [-0.2, 0) is 0 Å². The summed E-state index contributed by atoms with van der Waals surface area (Å²) in [6, 6.07) is 10.8. The van der Waals surface area contributed by atoms with E-state index in [1.54, 1.807) is 48.7 Å². The van der Waals surface area contributed by atoms with Gasteiger partial charge in [-0.25, -0.2) is 4.98 Å². The highest BCUT2D eigenvalue weighted by atomic mass is 32.1. The molecule has 0 aliphatic carbocycles. The second-order valence-corrected chi connectivity index (χ2v) is 5.27. The molecule has 3 aromatic rings. The minimum atomic E-state index is -0.450. The SMILES string of the molecule is N#Cc1ccc(C=Cc2nc3ccccn3c2[N+](=O)[O-])s1. The van der Waals surface area contributed by atoms with Crippen LogP contribution < -0.4 is 0 Å². The third-order valence-electron chi connectivity index (χ3n) is 2.85. The molecule has 0 aromatic carbocycles. The fourth-order valence-corrected chi connectivity index (χ4v) is 2.67. The van der Waals surface area contributed by atoms with Crippen molar-refractivity contribution in [2.45, 2.75) is 0 Å². The zero-order valence-corrected chi connectivity index (χ0v) is 11.4. The van der Waals surface area contributed by atoms with Crippen molar-refractivity contribution in [3.63, 3.8) is 0 Å². The third-order valence-corrected chi connectivity index (χ3v) is 3.80. The van der Waals surface area contributed by atoms with E-state index < -0.39 is 4.92 Å². The molecule has 3 aromatic heterocycles. The van der Waals surface area contributed by atoms with Crippen LogP contribution in [0, 0.1) is 21.4 Å². The van der Waals surface area contributed by atoms with E-state index >= 15 is 0 Å². The molecule has 0 aliphatic rings. The number of aromatic nitrogens is 2. The van der Waals surface area contributed by atoms with E-state index in [9.17, 15) is 10.1 Å². The number of fused-ring (bicyclic) bond motifs is 1. The van der Waals surface area contributed by atoms with E-state index in [1.807, 2.05) is 0 Å². The van der Waals surface area contributed by atoms with Crippen molar-refractivity contribution in [3.05, 3.63) is 62.1 Å².